The van der Waals surface area contributed by atoms with E-state index in [1.165, 1.54) is 89.9 Å². The number of hydrogen-bond acceptors (Lipinski definition) is 4. The molecule has 0 heterocycles. The van der Waals surface area contributed by atoms with Gasteiger partial charge in [0.25, 0.3) is 0 Å². The van der Waals surface area contributed by atoms with Crippen LogP contribution in [0.3, 0.4) is 0 Å². The largest absolute Gasteiger partial charge is 0.457 e. The number of aliphatic hydroxyl groups is 1. The quantitative estimate of drug-likeness (QED) is 0.0551. The van der Waals surface area contributed by atoms with E-state index >= 15 is 0 Å². The number of rotatable bonds is 30. The molecule has 0 rings (SSSR count). The van der Waals surface area contributed by atoms with Gasteiger partial charge in [0.05, 0.1) is 13.2 Å². The van der Waals surface area contributed by atoms with E-state index < -0.39 is 6.10 Å². The minimum atomic E-state index is -0.540. The predicted molar refractivity (Wildman–Crippen MR) is 168 cm³/mol. The molecule has 0 aliphatic rings. The lowest BCUT2D eigenvalue weighted by Crippen LogP contribution is -2.27. The summed E-state index contributed by atoms with van der Waals surface area (Å²) in [6.07, 6.45) is 38.9. The zero-order valence-corrected chi connectivity index (χ0v) is 25.9. The van der Waals surface area contributed by atoms with Crippen molar-refractivity contribution in [2.45, 2.75) is 161 Å². The van der Waals surface area contributed by atoms with Crippen LogP contribution in [0.4, 0.5) is 0 Å². The Hall–Kier alpha value is -1.39. The van der Waals surface area contributed by atoms with Crippen LogP contribution >= 0.6 is 0 Å². The highest BCUT2D eigenvalue weighted by atomic mass is 16.6. The van der Waals surface area contributed by atoms with Crippen LogP contribution in [-0.2, 0) is 14.3 Å². The fraction of sp³-hybridized carbons (Fsp3) is 0.800. The number of aliphatic hydroxyl groups excluding tert-OH is 1. The van der Waals surface area contributed by atoms with Crippen molar-refractivity contribution >= 4 is 5.97 Å². The molecule has 228 valence electrons. The number of allylic oxidation sites excluding steroid dienone is 6. The van der Waals surface area contributed by atoms with Crippen LogP contribution < -0.4 is 0 Å². The summed E-state index contributed by atoms with van der Waals surface area (Å²) >= 11 is 0. The molecule has 0 saturated carbocycles. The third-order valence-electron chi connectivity index (χ3n) is 6.92. The minimum Gasteiger partial charge on any atom is -0.457 e. The van der Waals surface area contributed by atoms with Crippen LogP contribution in [0.15, 0.2) is 36.5 Å². The van der Waals surface area contributed by atoms with E-state index in [1.807, 2.05) is 0 Å². The van der Waals surface area contributed by atoms with Crippen LogP contribution in [0.25, 0.3) is 0 Å². The smallest absolute Gasteiger partial charge is 0.306 e. The van der Waals surface area contributed by atoms with Crippen molar-refractivity contribution in [3.05, 3.63) is 36.5 Å². The Kier molecular flexibility index (Phi) is 31.7. The van der Waals surface area contributed by atoms with Crippen molar-refractivity contribution in [3.8, 4) is 0 Å². The van der Waals surface area contributed by atoms with Gasteiger partial charge < -0.3 is 14.6 Å². The molecular formula is C35H64O4. The number of carbonyl (C=O) groups excluding carboxylic acids is 1. The highest BCUT2D eigenvalue weighted by molar-refractivity contribution is 5.69. The first-order chi connectivity index (χ1) is 19.2. The van der Waals surface area contributed by atoms with Crippen molar-refractivity contribution in [2.24, 2.45) is 0 Å². The maximum absolute atomic E-state index is 12.0. The molecule has 0 aromatic heterocycles. The third kappa shape index (κ3) is 31.0. The Morgan fingerprint density at radius 1 is 0.615 bits per heavy atom. The number of esters is 1. The third-order valence-corrected chi connectivity index (χ3v) is 6.92. The Balaban J connectivity index is 3.48. The molecule has 0 fully saturated rings. The SMILES string of the molecule is CCC/C=C\CCCCCCCC(=O)OC(CO)COCCCCCCCC/C=C\C/C=C\CCCCCC. The highest BCUT2D eigenvalue weighted by Crippen LogP contribution is 2.11. The monoisotopic (exact) mass is 548 g/mol. The van der Waals surface area contributed by atoms with E-state index in [0.717, 1.165) is 44.9 Å². The predicted octanol–water partition coefficient (Wildman–Crippen LogP) is 10.2. The molecule has 0 saturated heterocycles. The van der Waals surface area contributed by atoms with Gasteiger partial charge in [0, 0.05) is 13.0 Å². The van der Waals surface area contributed by atoms with Crippen LogP contribution in [-0.4, -0.2) is 37.0 Å². The van der Waals surface area contributed by atoms with Gasteiger partial charge in [-0.3, -0.25) is 4.79 Å². The maximum Gasteiger partial charge on any atom is 0.306 e. The van der Waals surface area contributed by atoms with Crippen molar-refractivity contribution in [1.82, 2.24) is 0 Å². The zero-order valence-electron chi connectivity index (χ0n) is 25.9. The van der Waals surface area contributed by atoms with Gasteiger partial charge >= 0.3 is 5.97 Å². The summed E-state index contributed by atoms with van der Waals surface area (Å²) in [5, 5.41) is 9.50. The maximum atomic E-state index is 12.0. The van der Waals surface area contributed by atoms with E-state index in [9.17, 15) is 9.90 Å². The second kappa shape index (κ2) is 32.8. The average Bonchev–Trinajstić information content (AvgIpc) is 2.94. The number of unbranched alkanes of at least 4 members (excludes halogenated alkanes) is 16. The van der Waals surface area contributed by atoms with Gasteiger partial charge in [-0.05, 0) is 64.2 Å². The van der Waals surface area contributed by atoms with E-state index in [0.29, 0.717) is 13.0 Å². The molecule has 4 heteroatoms. The van der Waals surface area contributed by atoms with E-state index in [1.54, 1.807) is 0 Å². The lowest BCUT2D eigenvalue weighted by atomic mass is 10.1. The Morgan fingerprint density at radius 3 is 1.72 bits per heavy atom. The summed E-state index contributed by atoms with van der Waals surface area (Å²) in [6.45, 7) is 5.23. The van der Waals surface area contributed by atoms with Crippen LogP contribution in [0.2, 0.25) is 0 Å². The van der Waals surface area contributed by atoms with Gasteiger partial charge in [-0.15, -0.1) is 0 Å². The van der Waals surface area contributed by atoms with E-state index in [2.05, 4.69) is 50.3 Å². The highest BCUT2D eigenvalue weighted by Gasteiger charge is 2.13. The molecular weight excluding hydrogens is 484 g/mol. The summed E-state index contributed by atoms with van der Waals surface area (Å²) < 4.78 is 11.0. The van der Waals surface area contributed by atoms with Gasteiger partial charge in [0.2, 0.25) is 0 Å². The second-order valence-corrected chi connectivity index (χ2v) is 10.9. The number of hydrogen-bond donors (Lipinski definition) is 1. The summed E-state index contributed by atoms with van der Waals surface area (Å²) in [4.78, 5) is 12.0. The Labute approximate surface area is 242 Å². The van der Waals surface area contributed by atoms with Gasteiger partial charge in [-0.25, -0.2) is 0 Å². The van der Waals surface area contributed by atoms with Crippen molar-refractivity contribution in [2.75, 3.05) is 19.8 Å². The summed E-state index contributed by atoms with van der Waals surface area (Å²) in [5.41, 5.74) is 0. The topological polar surface area (TPSA) is 55.8 Å². The van der Waals surface area contributed by atoms with Gasteiger partial charge in [-0.2, -0.15) is 0 Å². The molecule has 39 heavy (non-hydrogen) atoms. The molecule has 0 bridgehead atoms. The van der Waals surface area contributed by atoms with Gasteiger partial charge in [-0.1, -0.05) is 121 Å². The standard InChI is InChI=1S/C35H64O4/c1-3-5-7-9-11-13-15-16-17-18-19-20-21-23-25-27-29-31-38-33-34(32-36)39-35(37)30-28-26-24-22-14-12-10-8-6-4-2/h8,10,13,15,17-18,34,36H,3-7,9,11-12,14,16,19-33H2,1-2H3/b10-8-,15-13-,18-17-. The summed E-state index contributed by atoms with van der Waals surface area (Å²) in [5.74, 6) is -0.218. The normalized spacial score (nSPS) is 12.8. The summed E-state index contributed by atoms with van der Waals surface area (Å²) in [6, 6.07) is 0. The molecule has 4 nitrogen and oxygen atoms in total. The molecule has 1 N–H and O–H groups in total. The molecule has 1 atom stereocenters. The van der Waals surface area contributed by atoms with Crippen molar-refractivity contribution < 1.29 is 19.4 Å². The average molecular weight is 549 g/mol. The number of ether oxygens (including phenoxy) is 2. The van der Waals surface area contributed by atoms with Crippen molar-refractivity contribution in [3.63, 3.8) is 0 Å². The molecule has 0 aromatic carbocycles. The van der Waals surface area contributed by atoms with Crippen molar-refractivity contribution in [1.29, 1.82) is 0 Å². The fourth-order valence-corrected chi connectivity index (χ4v) is 4.42. The summed E-state index contributed by atoms with van der Waals surface area (Å²) in [7, 11) is 0. The Bertz CT molecular complexity index is 581. The zero-order chi connectivity index (χ0) is 28.5. The van der Waals surface area contributed by atoms with Gasteiger partial charge in [0.1, 0.15) is 6.10 Å². The van der Waals surface area contributed by atoms with Crippen LogP contribution in [0.5, 0.6) is 0 Å². The van der Waals surface area contributed by atoms with E-state index in [-0.39, 0.29) is 19.2 Å². The minimum absolute atomic E-state index is 0.179. The molecule has 1 unspecified atom stereocenters. The molecule has 0 aliphatic carbocycles. The second-order valence-electron chi connectivity index (χ2n) is 10.9. The first kappa shape index (κ1) is 37.6. The van der Waals surface area contributed by atoms with Crippen LogP contribution in [0.1, 0.15) is 155 Å². The van der Waals surface area contributed by atoms with Gasteiger partial charge in [0.15, 0.2) is 0 Å². The number of carbonyl (C=O) groups is 1. The first-order valence-corrected chi connectivity index (χ1v) is 16.6. The Morgan fingerprint density at radius 2 is 1.13 bits per heavy atom. The fourth-order valence-electron chi connectivity index (χ4n) is 4.42. The van der Waals surface area contributed by atoms with E-state index in [4.69, 9.17) is 9.47 Å². The van der Waals surface area contributed by atoms with Crippen LogP contribution in [0, 0.1) is 0 Å². The lowest BCUT2D eigenvalue weighted by molar-refractivity contribution is -0.154. The molecule has 0 radical (unpaired) electrons. The molecule has 0 aliphatic heterocycles. The molecule has 0 aromatic rings. The molecule has 0 spiro atoms. The first-order valence-electron chi connectivity index (χ1n) is 16.6. The molecule has 0 amide bonds. The lowest BCUT2D eigenvalue weighted by Gasteiger charge is -2.15.